The molecule has 0 bridgehead atoms. The molecule has 19 heteroatoms. The second-order valence-corrected chi connectivity index (χ2v) is 34.0. The summed E-state index contributed by atoms with van der Waals surface area (Å²) in [6.07, 6.45) is 57.0. The second kappa shape index (κ2) is 70.1. The number of ether oxygens (including phenoxy) is 4. The van der Waals surface area contributed by atoms with Crippen molar-refractivity contribution in [2.75, 3.05) is 39.6 Å². The molecule has 0 amide bonds. The van der Waals surface area contributed by atoms with Gasteiger partial charge in [0.05, 0.1) is 26.4 Å². The third-order valence-corrected chi connectivity index (χ3v) is 20.7. The Morgan fingerprint density at radius 3 is 0.620 bits per heavy atom. The molecule has 0 aromatic rings. The summed E-state index contributed by atoms with van der Waals surface area (Å²) in [4.78, 5) is 73.0. The van der Waals surface area contributed by atoms with E-state index in [4.69, 9.17) is 37.0 Å². The van der Waals surface area contributed by atoms with Gasteiger partial charge in [-0.15, -0.1) is 0 Å². The standard InChI is InChI=1S/C81H158O17P2/c1-71(2)57-49-41-33-25-19-15-13-11-9-10-12-14-16-21-28-37-45-53-61-78(83)91-67-76(97-80(85)63-55-47-39-29-22-18-17-20-26-34-42-50-58-72(3)4)69-95-99(87,88)93-65-75(82)66-94-100(89,90)96-70-77(68-92-79(84)62-54-46-38-32-31-36-44-52-60-74(7)8)98-81(86)64-56-48-40-30-24-23-27-35-43-51-59-73(5)6/h71-77,82H,9-70H2,1-8H3,(H,87,88)(H,89,90)/t75?,76-,77-/m1/s1. The van der Waals surface area contributed by atoms with E-state index in [2.05, 4.69) is 55.4 Å². The Morgan fingerprint density at radius 2 is 0.420 bits per heavy atom. The highest BCUT2D eigenvalue weighted by molar-refractivity contribution is 7.47. The van der Waals surface area contributed by atoms with Gasteiger partial charge in [-0.25, -0.2) is 9.13 Å². The van der Waals surface area contributed by atoms with Gasteiger partial charge in [-0.3, -0.25) is 37.3 Å². The molecule has 0 fully saturated rings. The summed E-state index contributed by atoms with van der Waals surface area (Å²) in [5.41, 5.74) is 0. The van der Waals surface area contributed by atoms with Crippen LogP contribution in [-0.4, -0.2) is 96.7 Å². The van der Waals surface area contributed by atoms with Gasteiger partial charge in [0, 0.05) is 25.7 Å². The van der Waals surface area contributed by atoms with Gasteiger partial charge in [-0.2, -0.15) is 0 Å². The number of rotatable bonds is 78. The van der Waals surface area contributed by atoms with Crippen LogP contribution in [0.3, 0.4) is 0 Å². The van der Waals surface area contributed by atoms with Crippen LogP contribution in [0.15, 0.2) is 0 Å². The van der Waals surface area contributed by atoms with E-state index in [1.165, 1.54) is 218 Å². The molecule has 594 valence electrons. The summed E-state index contributed by atoms with van der Waals surface area (Å²) in [7, 11) is -9.92. The molecule has 0 radical (unpaired) electrons. The lowest BCUT2D eigenvalue weighted by atomic mass is 10.0. The molecule has 0 rings (SSSR count). The predicted molar refractivity (Wildman–Crippen MR) is 409 cm³/mol. The van der Waals surface area contributed by atoms with Crippen LogP contribution in [0, 0.1) is 23.7 Å². The fourth-order valence-corrected chi connectivity index (χ4v) is 14.0. The van der Waals surface area contributed by atoms with Gasteiger partial charge < -0.3 is 33.8 Å². The summed E-state index contributed by atoms with van der Waals surface area (Å²) in [6, 6.07) is 0. The van der Waals surface area contributed by atoms with Crippen molar-refractivity contribution in [3.8, 4) is 0 Å². The van der Waals surface area contributed by atoms with E-state index in [1.54, 1.807) is 0 Å². The number of phosphoric ester groups is 2. The molecule has 17 nitrogen and oxygen atoms in total. The third kappa shape index (κ3) is 74.3. The van der Waals surface area contributed by atoms with Crippen molar-refractivity contribution in [2.45, 2.75) is 433 Å². The minimum Gasteiger partial charge on any atom is -0.462 e. The number of aliphatic hydroxyl groups excluding tert-OH is 1. The predicted octanol–water partition coefficient (Wildman–Crippen LogP) is 24.0. The van der Waals surface area contributed by atoms with Crippen molar-refractivity contribution in [1.82, 2.24) is 0 Å². The van der Waals surface area contributed by atoms with Gasteiger partial charge in [-0.05, 0) is 49.4 Å². The molecule has 0 spiro atoms. The molecule has 0 aliphatic rings. The lowest BCUT2D eigenvalue weighted by Gasteiger charge is -2.21. The van der Waals surface area contributed by atoms with E-state index in [1.807, 2.05) is 0 Å². The molecule has 0 saturated carbocycles. The summed E-state index contributed by atoms with van der Waals surface area (Å²) in [5.74, 6) is 0.963. The smallest absolute Gasteiger partial charge is 0.462 e. The fraction of sp³-hybridized carbons (Fsp3) is 0.951. The van der Waals surface area contributed by atoms with Crippen molar-refractivity contribution in [2.24, 2.45) is 23.7 Å². The van der Waals surface area contributed by atoms with Gasteiger partial charge >= 0.3 is 39.5 Å². The molecule has 5 atom stereocenters. The van der Waals surface area contributed by atoms with Gasteiger partial charge in [0.15, 0.2) is 12.2 Å². The van der Waals surface area contributed by atoms with Crippen LogP contribution in [0.5, 0.6) is 0 Å². The first-order valence-corrected chi connectivity index (χ1v) is 44.7. The van der Waals surface area contributed by atoms with Gasteiger partial charge in [0.2, 0.25) is 0 Å². The molecule has 0 saturated heterocycles. The maximum absolute atomic E-state index is 13.1. The van der Waals surface area contributed by atoms with Gasteiger partial charge in [0.25, 0.3) is 0 Å². The van der Waals surface area contributed by atoms with E-state index < -0.39 is 97.5 Å². The topological polar surface area (TPSA) is 237 Å². The van der Waals surface area contributed by atoms with Crippen molar-refractivity contribution >= 4 is 39.5 Å². The molecule has 0 aromatic carbocycles. The van der Waals surface area contributed by atoms with E-state index in [0.717, 1.165) is 114 Å². The Kier molecular flexibility index (Phi) is 68.7. The number of hydrogen-bond donors (Lipinski definition) is 3. The zero-order chi connectivity index (χ0) is 73.8. The van der Waals surface area contributed by atoms with Crippen molar-refractivity contribution in [3.63, 3.8) is 0 Å². The maximum Gasteiger partial charge on any atom is 0.472 e. The van der Waals surface area contributed by atoms with Crippen LogP contribution in [0.2, 0.25) is 0 Å². The Morgan fingerprint density at radius 1 is 0.250 bits per heavy atom. The van der Waals surface area contributed by atoms with Crippen LogP contribution in [0.1, 0.15) is 415 Å². The zero-order valence-corrected chi connectivity index (χ0v) is 67.6. The Hall–Kier alpha value is -1.94. The zero-order valence-electron chi connectivity index (χ0n) is 65.8. The van der Waals surface area contributed by atoms with Crippen molar-refractivity contribution < 1.29 is 80.2 Å². The molecule has 100 heavy (non-hydrogen) atoms. The minimum absolute atomic E-state index is 0.105. The quantitative estimate of drug-likeness (QED) is 0.0222. The minimum atomic E-state index is -4.96. The van der Waals surface area contributed by atoms with Gasteiger partial charge in [-0.1, -0.05) is 364 Å². The number of unbranched alkanes of at least 4 members (excludes halogenated alkanes) is 44. The number of phosphoric acid groups is 2. The van der Waals surface area contributed by atoms with Crippen LogP contribution in [0.4, 0.5) is 0 Å². The van der Waals surface area contributed by atoms with E-state index in [0.29, 0.717) is 25.7 Å². The SMILES string of the molecule is CC(C)CCCCCCCCCCCCCCCCCCCCC(=O)OC[C@H](COP(=O)(O)OCC(O)COP(=O)(O)OC[C@@H](COC(=O)CCCCCCCCCCC(C)C)OC(=O)CCCCCCCCCCCCC(C)C)OC(=O)CCCCCCCCCCCCCCC(C)C. The number of carbonyl (C=O) groups excluding carboxylic acids is 4. The largest absolute Gasteiger partial charge is 0.472 e. The number of esters is 4. The highest BCUT2D eigenvalue weighted by Gasteiger charge is 2.30. The fourth-order valence-electron chi connectivity index (χ4n) is 12.4. The van der Waals surface area contributed by atoms with Crippen molar-refractivity contribution in [3.05, 3.63) is 0 Å². The number of aliphatic hydroxyl groups is 1. The summed E-state index contributed by atoms with van der Waals surface area (Å²) in [6.45, 7) is 14.2. The maximum atomic E-state index is 13.1. The number of hydrogen-bond acceptors (Lipinski definition) is 15. The summed E-state index contributed by atoms with van der Waals surface area (Å²) >= 11 is 0. The monoisotopic (exact) mass is 1470 g/mol. The molecule has 0 aliphatic carbocycles. The first-order valence-electron chi connectivity index (χ1n) is 41.7. The second-order valence-electron chi connectivity index (χ2n) is 31.1. The Labute approximate surface area is 613 Å². The summed E-state index contributed by atoms with van der Waals surface area (Å²) in [5, 5.41) is 10.6. The van der Waals surface area contributed by atoms with Crippen LogP contribution >= 0.6 is 15.6 Å². The van der Waals surface area contributed by atoms with E-state index in [-0.39, 0.29) is 25.7 Å². The lowest BCUT2D eigenvalue weighted by Crippen LogP contribution is -2.30. The van der Waals surface area contributed by atoms with Crippen LogP contribution in [-0.2, 0) is 65.4 Å². The molecule has 3 unspecified atom stereocenters. The lowest BCUT2D eigenvalue weighted by molar-refractivity contribution is -0.161. The molecule has 0 aromatic heterocycles. The van der Waals surface area contributed by atoms with E-state index >= 15 is 0 Å². The Bertz CT molecular complexity index is 1950. The highest BCUT2D eigenvalue weighted by Crippen LogP contribution is 2.45. The van der Waals surface area contributed by atoms with Crippen LogP contribution in [0.25, 0.3) is 0 Å². The van der Waals surface area contributed by atoms with Gasteiger partial charge in [0.1, 0.15) is 19.3 Å². The first-order chi connectivity index (χ1) is 48.1. The first kappa shape index (κ1) is 98.1. The average molecular weight is 1470 g/mol. The molecule has 0 aliphatic heterocycles. The highest BCUT2D eigenvalue weighted by atomic mass is 31.2. The van der Waals surface area contributed by atoms with Crippen molar-refractivity contribution in [1.29, 1.82) is 0 Å². The molecular formula is C81H158O17P2. The van der Waals surface area contributed by atoms with Crippen LogP contribution < -0.4 is 0 Å². The third-order valence-electron chi connectivity index (χ3n) is 18.8. The average Bonchev–Trinajstić information content (AvgIpc) is 0.911. The summed E-state index contributed by atoms with van der Waals surface area (Å²) < 4.78 is 68.7. The molecule has 0 heterocycles. The Balaban J connectivity index is 5.22. The number of carbonyl (C=O) groups is 4. The van der Waals surface area contributed by atoms with E-state index in [9.17, 15) is 43.2 Å². The normalized spacial score (nSPS) is 14.0. The molecule has 3 N–H and O–H groups in total. The molecular weight excluding hydrogens is 1310 g/mol.